The lowest BCUT2D eigenvalue weighted by Crippen LogP contribution is -2.00. The van der Waals surface area contributed by atoms with Gasteiger partial charge in [-0.1, -0.05) is 18.2 Å². The summed E-state index contributed by atoms with van der Waals surface area (Å²) in [4.78, 5) is 23.1. The molecule has 0 fully saturated rings. The first-order valence-electron chi connectivity index (χ1n) is 6.37. The molecular weight excluding hydrogens is 290 g/mol. The number of halogens is 2. The predicted octanol–water partition coefficient (Wildman–Crippen LogP) is 3.65. The van der Waals surface area contributed by atoms with Crippen LogP contribution >= 0.6 is 0 Å². The lowest BCUT2D eigenvalue weighted by atomic mass is 10.1. The van der Waals surface area contributed by atoms with E-state index in [9.17, 15) is 18.4 Å². The van der Waals surface area contributed by atoms with Gasteiger partial charge in [0.1, 0.15) is 11.6 Å². The van der Waals surface area contributed by atoms with Gasteiger partial charge in [-0.25, -0.2) is 13.6 Å². The Morgan fingerprint density at radius 1 is 1.05 bits per heavy atom. The molecular formula is C17H12F2O3. The molecule has 2 aromatic carbocycles. The van der Waals surface area contributed by atoms with Crippen LogP contribution < -0.4 is 0 Å². The highest BCUT2D eigenvalue weighted by molar-refractivity contribution is 6.07. The maximum absolute atomic E-state index is 13.5. The van der Waals surface area contributed by atoms with E-state index in [-0.39, 0.29) is 5.56 Å². The Morgan fingerprint density at radius 3 is 2.32 bits per heavy atom. The van der Waals surface area contributed by atoms with E-state index in [1.165, 1.54) is 19.3 Å². The van der Waals surface area contributed by atoms with Gasteiger partial charge >= 0.3 is 5.97 Å². The molecule has 0 bridgehead atoms. The number of carbonyl (C=O) groups excluding carboxylic acids is 2. The van der Waals surface area contributed by atoms with Crippen LogP contribution in [-0.2, 0) is 4.74 Å². The zero-order valence-electron chi connectivity index (χ0n) is 11.7. The summed E-state index contributed by atoms with van der Waals surface area (Å²) in [6, 6.07) is 9.12. The summed E-state index contributed by atoms with van der Waals surface area (Å²) in [7, 11) is 1.28. The Hall–Kier alpha value is -2.82. The summed E-state index contributed by atoms with van der Waals surface area (Å²) in [5.74, 6) is -2.68. The van der Waals surface area contributed by atoms with E-state index in [1.807, 2.05) is 0 Å². The Labute approximate surface area is 125 Å². The van der Waals surface area contributed by atoms with Gasteiger partial charge < -0.3 is 4.74 Å². The minimum atomic E-state index is -0.907. The third kappa shape index (κ3) is 3.63. The second kappa shape index (κ2) is 6.76. The van der Waals surface area contributed by atoms with E-state index in [2.05, 4.69) is 4.74 Å². The highest BCUT2D eigenvalue weighted by Gasteiger charge is 2.09. The van der Waals surface area contributed by atoms with Crippen LogP contribution in [0.2, 0.25) is 0 Å². The van der Waals surface area contributed by atoms with Crippen molar-refractivity contribution in [3.8, 4) is 0 Å². The number of hydrogen-bond acceptors (Lipinski definition) is 3. The fourth-order valence-electron chi connectivity index (χ4n) is 1.80. The molecule has 0 aliphatic rings. The van der Waals surface area contributed by atoms with Crippen LogP contribution in [-0.4, -0.2) is 18.9 Å². The normalized spacial score (nSPS) is 10.7. The van der Waals surface area contributed by atoms with Crippen molar-refractivity contribution in [2.24, 2.45) is 0 Å². The highest BCUT2D eigenvalue weighted by Crippen LogP contribution is 2.12. The Morgan fingerprint density at radius 2 is 1.73 bits per heavy atom. The summed E-state index contributed by atoms with van der Waals surface area (Å²) >= 11 is 0. The Kier molecular flexibility index (Phi) is 4.78. The molecule has 112 valence electrons. The Balaban J connectivity index is 2.14. The molecule has 2 aromatic rings. The first-order valence-corrected chi connectivity index (χ1v) is 6.37. The zero-order chi connectivity index (χ0) is 16.1. The molecule has 0 amide bonds. The number of allylic oxidation sites excluding steroid dienone is 1. The van der Waals surface area contributed by atoms with Crippen LogP contribution in [0.15, 0.2) is 48.5 Å². The van der Waals surface area contributed by atoms with E-state index >= 15 is 0 Å². The van der Waals surface area contributed by atoms with Crippen LogP contribution in [0, 0.1) is 11.6 Å². The minimum absolute atomic E-state index is 0.205. The van der Waals surface area contributed by atoms with Crippen LogP contribution in [0.4, 0.5) is 8.78 Å². The van der Waals surface area contributed by atoms with Crippen molar-refractivity contribution < 1.29 is 23.1 Å². The van der Waals surface area contributed by atoms with Gasteiger partial charge in [0.25, 0.3) is 0 Å². The number of ether oxygens (including phenoxy) is 1. The molecule has 3 nitrogen and oxygen atoms in total. The smallest absolute Gasteiger partial charge is 0.337 e. The first kappa shape index (κ1) is 15.6. The van der Waals surface area contributed by atoms with Crippen molar-refractivity contribution in [1.29, 1.82) is 0 Å². The third-order valence-electron chi connectivity index (χ3n) is 2.96. The highest BCUT2D eigenvalue weighted by atomic mass is 19.1. The van der Waals surface area contributed by atoms with Gasteiger partial charge in [0.05, 0.1) is 18.2 Å². The van der Waals surface area contributed by atoms with Crippen LogP contribution in [0.5, 0.6) is 0 Å². The van der Waals surface area contributed by atoms with Gasteiger partial charge in [-0.2, -0.15) is 0 Å². The maximum atomic E-state index is 13.5. The SMILES string of the molecule is COC(=O)c1ccc(/C=C/C(=O)c2ccc(F)cc2F)cc1. The van der Waals surface area contributed by atoms with E-state index in [1.54, 1.807) is 24.3 Å². The molecule has 5 heteroatoms. The molecule has 22 heavy (non-hydrogen) atoms. The van der Waals surface area contributed by atoms with Gasteiger partial charge in [-0.3, -0.25) is 4.79 Å². The van der Waals surface area contributed by atoms with Crippen LogP contribution in [0.3, 0.4) is 0 Å². The van der Waals surface area contributed by atoms with Crippen molar-refractivity contribution in [3.63, 3.8) is 0 Å². The van der Waals surface area contributed by atoms with Crippen molar-refractivity contribution in [3.05, 3.63) is 76.9 Å². The molecule has 0 heterocycles. The average Bonchev–Trinajstić information content (AvgIpc) is 2.52. The number of hydrogen-bond donors (Lipinski definition) is 0. The Bertz CT molecular complexity index is 734. The third-order valence-corrected chi connectivity index (χ3v) is 2.96. The number of ketones is 1. The monoisotopic (exact) mass is 302 g/mol. The van der Waals surface area contributed by atoms with Crippen LogP contribution in [0.1, 0.15) is 26.3 Å². The van der Waals surface area contributed by atoms with Gasteiger partial charge in [0.2, 0.25) is 0 Å². The summed E-state index contributed by atoms with van der Waals surface area (Å²) in [6.45, 7) is 0. The van der Waals surface area contributed by atoms with Gasteiger partial charge in [0.15, 0.2) is 5.78 Å². The largest absolute Gasteiger partial charge is 0.465 e. The molecule has 0 saturated heterocycles. The van der Waals surface area contributed by atoms with Crippen LogP contribution in [0.25, 0.3) is 6.08 Å². The molecule has 0 unspecified atom stereocenters. The van der Waals surface area contributed by atoms with E-state index in [4.69, 9.17) is 0 Å². The second-order valence-electron chi connectivity index (χ2n) is 4.44. The molecule has 0 spiro atoms. The van der Waals surface area contributed by atoms with E-state index in [0.717, 1.165) is 12.1 Å². The van der Waals surface area contributed by atoms with Crippen molar-refractivity contribution in [2.75, 3.05) is 7.11 Å². The molecule has 0 aliphatic carbocycles. The van der Waals surface area contributed by atoms with E-state index in [0.29, 0.717) is 17.2 Å². The first-order chi connectivity index (χ1) is 10.5. The molecule has 0 N–H and O–H groups in total. The lowest BCUT2D eigenvalue weighted by Gasteiger charge is -2.00. The summed E-state index contributed by atoms with van der Waals surface area (Å²) < 4.78 is 30.8. The molecule has 0 saturated carbocycles. The van der Waals surface area contributed by atoms with Crippen molar-refractivity contribution in [1.82, 2.24) is 0 Å². The average molecular weight is 302 g/mol. The summed E-state index contributed by atoms with van der Waals surface area (Å²) in [5.41, 5.74) is 0.836. The van der Waals surface area contributed by atoms with Crippen molar-refractivity contribution >= 4 is 17.8 Å². The predicted molar refractivity (Wildman–Crippen MR) is 77.5 cm³/mol. The number of benzene rings is 2. The number of methoxy groups -OCH3 is 1. The number of rotatable bonds is 4. The number of esters is 1. The molecule has 0 atom stereocenters. The molecule has 0 aliphatic heterocycles. The summed E-state index contributed by atoms with van der Waals surface area (Å²) in [6.07, 6.45) is 2.66. The lowest BCUT2D eigenvalue weighted by molar-refractivity contribution is 0.0600. The van der Waals surface area contributed by atoms with Crippen molar-refractivity contribution in [2.45, 2.75) is 0 Å². The summed E-state index contributed by atoms with van der Waals surface area (Å²) in [5, 5.41) is 0. The standard InChI is InChI=1S/C17H12F2O3/c1-22-17(21)12-5-2-11(3-6-12)4-9-16(20)14-8-7-13(18)10-15(14)19/h2-10H,1H3/b9-4+. The fraction of sp³-hybridized carbons (Fsp3) is 0.0588. The van der Waals surface area contributed by atoms with E-state index < -0.39 is 23.4 Å². The quantitative estimate of drug-likeness (QED) is 0.492. The molecule has 2 rings (SSSR count). The zero-order valence-corrected chi connectivity index (χ0v) is 11.7. The molecule has 0 radical (unpaired) electrons. The fourth-order valence-corrected chi connectivity index (χ4v) is 1.80. The van der Waals surface area contributed by atoms with Gasteiger partial charge in [-0.15, -0.1) is 0 Å². The topological polar surface area (TPSA) is 43.4 Å². The van der Waals surface area contributed by atoms with Gasteiger partial charge in [-0.05, 0) is 35.9 Å². The van der Waals surface area contributed by atoms with Gasteiger partial charge in [0, 0.05) is 6.07 Å². The minimum Gasteiger partial charge on any atom is -0.465 e. The molecule has 0 aromatic heterocycles. The number of carbonyl (C=O) groups is 2. The maximum Gasteiger partial charge on any atom is 0.337 e. The second-order valence-corrected chi connectivity index (χ2v) is 4.44.